The fraction of sp³-hybridized carbons (Fsp3) is 0.360. The van der Waals surface area contributed by atoms with Crippen LogP contribution in [0.1, 0.15) is 34.2 Å². The van der Waals surface area contributed by atoms with Crippen molar-refractivity contribution in [1.82, 2.24) is 24.7 Å². The fourth-order valence-electron chi connectivity index (χ4n) is 3.97. The number of hydrogen-bond donors (Lipinski definition) is 1. The number of anilines is 1. The molecule has 0 aliphatic carbocycles. The van der Waals surface area contributed by atoms with Gasteiger partial charge in [-0.25, -0.2) is 13.4 Å². The van der Waals surface area contributed by atoms with Crippen LogP contribution in [-0.2, 0) is 14.8 Å². The van der Waals surface area contributed by atoms with Crippen molar-refractivity contribution in [2.75, 3.05) is 26.1 Å². The number of rotatable bonds is 10. The zero-order valence-electron chi connectivity index (χ0n) is 22.2. The standard InChI is InChI=1S/C25H30N6O5S2/c1-14-11-18(13-26-12-14)23-28-29-25(31(23)21-19(34-5)9-8-10-20(21)35-6)30-38(32,33)17(4)22(36-7)24-27-15(2)16(3)37-24/h8-13,17,22H,1-7H3,(H,29,30)/t17-,22-/m0/s1. The number of nitrogens with one attached hydrogen (secondary N) is 1. The predicted molar refractivity (Wildman–Crippen MR) is 146 cm³/mol. The minimum absolute atomic E-state index is 0.0440. The van der Waals surface area contributed by atoms with Crippen LogP contribution in [0.4, 0.5) is 5.95 Å². The molecule has 0 aliphatic heterocycles. The maximum atomic E-state index is 13.7. The number of thiazole rings is 1. The molecule has 1 N–H and O–H groups in total. The lowest BCUT2D eigenvalue weighted by Gasteiger charge is -2.22. The summed E-state index contributed by atoms with van der Waals surface area (Å²) in [6.45, 7) is 7.28. The summed E-state index contributed by atoms with van der Waals surface area (Å²) in [6.07, 6.45) is 2.55. The molecule has 11 nitrogen and oxygen atoms in total. The van der Waals surface area contributed by atoms with Gasteiger partial charge in [-0.15, -0.1) is 21.5 Å². The third-order valence-corrected chi connectivity index (χ3v) is 8.94. The van der Waals surface area contributed by atoms with Gasteiger partial charge in [-0.2, -0.15) is 0 Å². The lowest BCUT2D eigenvalue weighted by Crippen LogP contribution is -2.32. The highest BCUT2D eigenvalue weighted by Gasteiger charge is 2.35. The van der Waals surface area contributed by atoms with E-state index in [0.717, 1.165) is 16.1 Å². The Morgan fingerprint density at radius 2 is 1.71 bits per heavy atom. The van der Waals surface area contributed by atoms with Crippen molar-refractivity contribution in [3.05, 3.63) is 57.8 Å². The molecule has 1 aromatic carbocycles. The van der Waals surface area contributed by atoms with Crippen LogP contribution in [0.25, 0.3) is 17.1 Å². The van der Waals surface area contributed by atoms with Gasteiger partial charge in [-0.3, -0.25) is 14.3 Å². The first-order valence-corrected chi connectivity index (χ1v) is 14.0. The number of nitrogens with zero attached hydrogens (tertiary/aromatic N) is 5. The van der Waals surface area contributed by atoms with E-state index in [0.29, 0.717) is 33.6 Å². The summed E-state index contributed by atoms with van der Waals surface area (Å²) in [7, 11) is 0.449. The molecule has 0 fully saturated rings. The Morgan fingerprint density at radius 1 is 1.03 bits per heavy atom. The van der Waals surface area contributed by atoms with Crippen molar-refractivity contribution in [1.29, 1.82) is 0 Å². The third-order valence-electron chi connectivity index (χ3n) is 6.11. The van der Waals surface area contributed by atoms with Gasteiger partial charge >= 0.3 is 0 Å². The summed E-state index contributed by atoms with van der Waals surface area (Å²) in [4.78, 5) is 9.78. The first-order chi connectivity index (χ1) is 18.1. The number of aromatic nitrogens is 5. The molecule has 0 saturated carbocycles. The van der Waals surface area contributed by atoms with Crippen molar-refractivity contribution in [3.8, 4) is 28.6 Å². The highest BCUT2D eigenvalue weighted by molar-refractivity contribution is 7.93. The molecule has 13 heteroatoms. The van der Waals surface area contributed by atoms with Gasteiger partial charge in [-0.05, 0) is 51.5 Å². The molecule has 0 radical (unpaired) electrons. The monoisotopic (exact) mass is 558 g/mol. The lowest BCUT2D eigenvalue weighted by molar-refractivity contribution is 0.102. The largest absolute Gasteiger partial charge is 0.494 e. The number of ether oxygens (including phenoxy) is 3. The maximum absolute atomic E-state index is 13.7. The quantitative estimate of drug-likeness (QED) is 0.304. The van der Waals surface area contributed by atoms with Crippen molar-refractivity contribution in [2.45, 2.75) is 39.0 Å². The number of sulfonamides is 1. The number of hydrogen-bond acceptors (Lipinski definition) is 10. The molecular weight excluding hydrogens is 528 g/mol. The lowest BCUT2D eigenvalue weighted by atomic mass is 10.2. The van der Waals surface area contributed by atoms with Crippen LogP contribution < -0.4 is 14.2 Å². The molecule has 4 rings (SSSR count). The molecule has 0 unspecified atom stereocenters. The van der Waals surface area contributed by atoms with E-state index in [2.05, 4.69) is 24.9 Å². The summed E-state index contributed by atoms with van der Waals surface area (Å²) in [5.41, 5.74) is 2.80. The molecule has 3 heterocycles. The van der Waals surface area contributed by atoms with E-state index < -0.39 is 21.4 Å². The second kappa shape index (κ2) is 11.1. The summed E-state index contributed by atoms with van der Waals surface area (Å²) in [5, 5.41) is 8.13. The molecule has 38 heavy (non-hydrogen) atoms. The minimum atomic E-state index is -4.05. The Kier molecular flexibility index (Phi) is 7.99. The average molecular weight is 559 g/mol. The Balaban J connectivity index is 1.85. The number of benzene rings is 1. The molecule has 2 atom stereocenters. The van der Waals surface area contributed by atoms with Crippen molar-refractivity contribution in [3.63, 3.8) is 0 Å². The molecule has 0 bridgehead atoms. The fourth-order valence-corrected chi connectivity index (χ4v) is 6.30. The number of aryl methyl sites for hydroxylation is 3. The molecular formula is C25H30N6O5S2. The number of para-hydroxylation sites is 1. The molecule has 4 aromatic rings. The second-order valence-corrected chi connectivity index (χ2v) is 11.9. The van der Waals surface area contributed by atoms with Gasteiger partial charge < -0.3 is 14.2 Å². The Labute approximate surface area is 225 Å². The molecule has 0 aliphatic rings. The number of pyridine rings is 1. The van der Waals surface area contributed by atoms with Crippen molar-refractivity contribution < 1.29 is 22.6 Å². The van der Waals surface area contributed by atoms with Gasteiger partial charge in [0.1, 0.15) is 33.5 Å². The molecule has 0 amide bonds. The van der Waals surface area contributed by atoms with Gasteiger partial charge in [0.05, 0.1) is 19.9 Å². The van der Waals surface area contributed by atoms with E-state index >= 15 is 0 Å². The van der Waals surface area contributed by atoms with Gasteiger partial charge in [0.25, 0.3) is 0 Å². The predicted octanol–water partition coefficient (Wildman–Crippen LogP) is 4.25. The van der Waals surface area contributed by atoms with E-state index in [-0.39, 0.29) is 5.95 Å². The van der Waals surface area contributed by atoms with Crippen LogP contribution in [0.3, 0.4) is 0 Å². The van der Waals surface area contributed by atoms with Crippen LogP contribution in [0.2, 0.25) is 0 Å². The summed E-state index contributed by atoms with van der Waals surface area (Å²) in [6, 6.07) is 7.13. The van der Waals surface area contributed by atoms with Crippen LogP contribution >= 0.6 is 11.3 Å². The third kappa shape index (κ3) is 5.22. The minimum Gasteiger partial charge on any atom is -0.494 e. The van der Waals surface area contributed by atoms with Gasteiger partial charge in [-0.1, -0.05) is 6.07 Å². The van der Waals surface area contributed by atoms with Crippen LogP contribution in [0.5, 0.6) is 11.5 Å². The highest BCUT2D eigenvalue weighted by atomic mass is 32.2. The zero-order valence-corrected chi connectivity index (χ0v) is 23.8. The van der Waals surface area contributed by atoms with Crippen LogP contribution in [0, 0.1) is 20.8 Å². The molecule has 3 aromatic heterocycles. The second-order valence-electron chi connectivity index (χ2n) is 8.65. The summed E-state index contributed by atoms with van der Waals surface area (Å²) >= 11 is 1.41. The number of methoxy groups -OCH3 is 3. The first-order valence-electron chi connectivity index (χ1n) is 11.7. The van der Waals surface area contributed by atoms with Crippen LogP contribution in [-0.4, -0.2) is 59.7 Å². The molecule has 0 saturated heterocycles. The van der Waals surface area contributed by atoms with E-state index in [4.69, 9.17) is 14.2 Å². The SMILES string of the molecule is COc1cccc(OC)c1-n1c(NS(=O)(=O)[C@@H](C)[C@H](OC)c2nc(C)c(C)s2)nnc1-c1cncc(C)c1. The average Bonchev–Trinajstić information content (AvgIpc) is 3.45. The van der Waals surface area contributed by atoms with Gasteiger partial charge in [0.2, 0.25) is 16.0 Å². The van der Waals surface area contributed by atoms with Gasteiger partial charge in [0.15, 0.2) is 5.82 Å². The first kappa shape index (κ1) is 27.5. The van der Waals surface area contributed by atoms with Crippen LogP contribution in [0.15, 0.2) is 36.7 Å². The van der Waals surface area contributed by atoms with E-state index in [1.165, 1.54) is 32.7 Å². The maximum Gasteiger partial charge on any atom is 0.243 e. The van der Waals surface area contributed by atoms with E-state index in [1.54, 1.807) is 42.1 Å². The van der Waals surface area contributed by atoms with Crippen molar-refractivity contribution in [2.24, 2.45) is 0 Å². The van der Waals surface area contributed by atoms with Gasteiger partial charge in [0, 0.05) is 29.9 Å². The van der Waals surface area contributed by atoms with Crippen molar-refractivity contribution >= 4 is 27.3 Å². The smallest absolute Gasteiger partial charge is 0.243 e. The van der Waals surface area contributed by atoms with E-state index in [1.807, 2.05) is 26.8 Å². The zero-order chi connectivity index (χ0) is 27.6. The normalized spacial score (nSPS) is 13.2. The topological polar surface area (TPSA) is 130 Å². The summed E-state index contributed by atoms with van der Waals surface area (Å²) in [5.74, 6) is 1.17. The Morgan fingerprint density at radius 3 is 2.26 bits per heavy atom. The molecule has 202 valence electrons. The van der Waals surface area contributed by atoms with E-state index in [9.17, 15) is 8.42 Å². The highest BCUT2D eigenvalue weighted by Crippen LogP contribution is 2.38. The molecule has 0 spiro atoms. The Hall–Kier alpha value is -3.55. The Bertz CT molecular complexity index is 1510. The summed E-state index contributed by atoms with van der Waals surface area (Å²) < 4.78 is 48.4.